The number of ether oxygens (including phenoxy) is 1. The molecule has 0 amide bonds. The lowest BCUT2D eigenvalue weighted by molar-refractivity contribution is -0.160. The topological polar surface area (TPSA) is 60.4 Å². The highest BCUT2D eigenvalue weighted by atomic mass is 16.5. The molecule has 150 valence electrons. The molecule has 4 saturated carbocycles. The fraction of sp³-hybridized carbons (Fsp3) is 0.625. The van der Waals surface area contributed by atoms with Crippen molar-refractivity contribution in [3.05, 3.63) is 35.9 Å². The van der Waals surface area contributed by atoms with E-state index in [4.69, 9.17) is 4.74 Å². The number of Topliss-reactive ketones (excluding diaryl/α,β-unsaturated/α-hetero) is 2. The maximum Gasteiger partial charge on any atom is 0.383 e. The SMILES string of the molecule is CC12CC3CC(C)(C1)CC(CCC(=O)C(=O)C(=O)OCc1ccccc1)(C3)C2. The summed E-state index contributed by atoms with van der Waals surface area (Å²) in [6.45, 7) is 4.82. The minimum Gasteiger partial charge on any atom is -0.455 e. The van der Waals surface area contributed by atoms with Crippen LogP contribution in [0.5, 0.6) is 0 Å². The number of rotatable bonds is 7. The van der Waals surface area contributed by atoms with E-state index in [0.717, 1.165) is 30.7 Å². The van der Waals surface area contributed by atoms with Gasteiger partial charge in [0.2, 0.25) is 5.78 Å². The molecule has 4 fully saturated rings. The molecule has 4 aliphatic rings. The first-order valence-corrected chi connectivity index (χ1v) is 10.5. The molecule has 1 aromatic carbocycles. The monoisotopic (exact) mass is 382 g/mol. The predicted molar refractivity (Wildman–Crippen MR) is 105 cm³/mol. The van der Waals surface area contributed by atoms with Crippen molar-refractivity contribution in [3.8, 4) is 0 Å². The van der Waals surface area contributed by atoms with E-state index in [9.17, 15) is 14.4 Å². The number of benzene rings is 1. The third kappa shape index (κ3) is 3.78. The van der Waals surface area contributed by atoms with Gasteiger partial charge in [-0.25, -0.2) is 4.79 Å². The molecule has 0 spiro atoms. The Morgan fingerprint density at radius 1 is 0.964 bits per heavy atom. The lowest BCUT2D eigenvalue weighted by Gasteiger charge is -2.65. The van der Waals surface area contributed by atoms with Crippen LogP contribution in [0.4, 0.5) is 0 Å². The Morgan fingerprint density at radius 3 is 2.21 bits per heavy atom. The average Bonchev–Trinajstić information content (AvgIpc) is 2.61. The standard InChI is InChI=1S/C24H30O4/c1-22-10-18-11-23(2,14-22)16-24(12-18,15-22)9-8-19(25)20(26)21(27)28-13-17-6-4-3-5-7-17/h3-7,18H,8-16H2,1-2H3. The van der Waals surface area contributed by atoms with Crippen molar-refractivity contribution in [2.75, 3.05) is 0 Å². The lowest BCUT2D eigenvalue weighted by atomic mass is 9.39. The minimum absolute atomic E-state index is 0.0149. The van der Waals surface area contributed by atoms with Crippen LogP contribution in [0.1, 0.15) is 70.8 Å². The van der Waals surface area contributed by atoms with Gasteiger partial charge in [0, 0.05) is 6.42 Å². The van der Waals surface area contributed by atoms with Crippen LogP contribution in [0.2, 0.25) is 0 Å². The Bertz CT molecular complexity index is 778. The predicted octanol–water partition coefficient (Wildman–Crippen LogP) is 4.64. The molecule has 1 aromatic rings. The van der Waals surface area contributed by atoms with E-state index in [1.807, 2.05) is 30.3 Å². The maximum atomic E-state index is 12.4. The number of ketones is 2. The molecule has 2 atom stereocenters. The second kappa shape index (κ2) is 6.82. The van der Waals surface area contributed by atoms with Gasteiger partial charge >= 0.3 is 11.8 Å². The zero-order valence-electron chi connectivity index (χ0n) is 17.0. The molecule has 0 N–H and O–H groups in total. The van der Waals surface area contributed by atoms with Crippen LogP contribution in [0, 0.1) is 22.2 Å². The Labute approximate surface area is 167 Å². The molecule has 28 heavy (non-hydrogen) atoms. The van der Waals surface area contributed by atoms with E-state index in [-0.39, 0.29) is 18.4 Å². The van der Waals surface area contributed by atoms with E-state index in [1.54, 1.807) is 0 Å². The normalized spacial score (nSPS) is 35.6. The van der Waals surface area contributed by atoms with E-state index >= 15 is 0 Å². The van der Waals surface area contributed by atoms with Gasteiger partial charge in [0.05, 0.1) is 0 Å². The largest absolute Gasteiger partial charge is 0.455 e. The van der Waals surface area contributed by atoms with Crippen molar-refractivity contribution in [1.29, 1.82) is 0 Å². The molecule has 0 saturated heterocycles. The average molecular weight is 383 g/mol. The Morgan fingerprint density at radius 2 is 1.61 bits per heavy atom. The highest BCUT2D eigenvalue weighted by Gasteiger charge is 2.59. The summed E-state index contributed by atoms with van der Waals surface area (Å²) in [7, 11) is 0. The summed E-state index contributed by atoms with van der Waals surface area (Å²) in [5.41, 5.74) is 1.74. The molecule has 4 aliphatic carbocycles. The molecule has 4 heteroatoms. The number of esters is 1. The number of hydrogen-bond donors (Lipinski definition) is 0. The van der Waals surface area contributed by atoms with Gasteiger partial charge in [-0.3, -0.25) is 9.59 Å². The summed E-state index contributed by atoms with van der Waals surface area (Å²) < 4.78 is 5.03. The quantitative estimate of drug-likeness (QED) is 0.391. The van der Waals surface area contributed by atoms with E-state index in [1.165, 1.54) is 25.7 Å². The van der Waals surface area contributed by atoms with Crippen molar-refractivity contribution in [3.63, 3.8) is 0 Å². The highest BCUT2D eigenvalue weighted by molar-refractivity contribution is 6.62. The van der Waals surface area contributed by atoms with Crippen molar-refractivity contribution in [2.24, 2.45) is 22.2 Å². The van der Waals surface area contributed by atoms with Gasteiger partial charge in [0.1, 0.15) is 6.61 Å². The van der Waals surface area contributed by atoms with Crippen LogP contribution in [-0.4, -0.2) is 17.5 Å². The summed E-state index contributed by atoms with van der Waals surface area (Å²) in [6.07, 6.45) is 8.29. The first-order chi connectivity index (χ1) is 13.2. The molecule has 4 nitrogen and oxygen atoms in total. The van der Waals surface area contributed by atoms with Crippen LogP contribution in [-0.2, 0) is 25.7 Å². The lowest BCUT2D eigenvalue weighted by Crippen LogP contribution is -2.55. The first-order valence-electron chi connectivity index (χ1n) is 10.5. The van der Waals surface area contributed by atoms with Crippen LogP contribution in [0.3, 0.4) is 0 Å². The van der Waals surface area contributed by atoms with Gasteiger partial charge in [0.15, 0.2) is 0 Å². The molecule has 0 radical (unpaired) electrons. The van der Waals surface area contributed by atoms with E-state index in [0.29, 0.717) is 10.8 Å². The molecule has 0 aliphatic heterocycles. The van der Waals surface area contributed by atoms with Crippen molar-refractivity contribution < 1.29 is 19.1 Å². The second-order valence-electron chi connectivity index (χ2n) is 10.4. The number of carbonyl (C=O) groups excluding carboxylic acids is 3. The number of hydrogen-bond acceptors (Lipinski definition) is 4. The van der Waals surface area contributed by atoms with Crippen molar-refractivity contribution >= 4 is 17.5 Å². The molecule has 5 rings (SSSR count). The molecule has 0 aromatic heterocycles. The van der Waals surface area contributed by atoms with Gasteiger partial charge in [-0.05, 0) is 72.7 Å². The van der Waals surface area contributed by atoms with E-state index in [2.05, 4.69) is 13.8 Å². The third-order valence-corrected chi connectivity index (χ3v) is 7.28. The fourth-order valence-corrected chi connectivity index (χ4v) is 7.36. The van der Waals surface area contributed by atoms with Crippen LogP contribution < -0.4 is 0 Å². The Hall–Kier alpha value is -1.97. The third-order valence-electron chi connectivity index (χ3n) is 7.28. The molecular weight excluding hydrogens is 352 g/mol. The summed E-state index contributed by atoms with van der Waals surface area (Å²) in [6, 6.07) is 9.16. The zero-order valence-corrected chi connectivity index (χ0v) is 17.0. The van der Waals surface area contributed by atoms with Gasteiger partial charge < -0.3 is 4.74 Å². The fourth-order valence-electron chi connectivity index (χ4n) is 7.36. The Balaban J connectivity index is 1.33. The molecule has 0 heterocycles. The maximum absolute atomic E-state index is 12.4. The summed E-state index contributed by atoms with van der Waals surface area (Å²) in [5.74, 6) is -1.87. The summed E-state index contributed by atoms with van der Waals surface area (Å²) in [4.78, 5) is 36.6. The molecular formula is C24H30O4. The highest BCUT2D eigenvalue weighted by Crippen LogP contribution is 2.70. The molecule has 4 bridgehead atoms. The second-order valence-corrected chi connectivity index (χ2v) is 10.4. The van der Waals surface area contributed by atoms with Gasteiger partial charge in [-0.1, -0.05) is 44.2 Å². The summed E-state index contributed by atoms with van der Waals surface area (Å²) in [5, 5.41) is 0. The zero-order chi connectivity index (χ0) is 20.0. The van der Waals surface area contributed by atoms with Gasteiger partial charge in [-0.15, -0.1) is 0 Å². The van der Waals surface area contributed by atoms with Crippen LogP contribution in [0.25, 0.3) is 0 Å². The first kappa shape index (κ1) is 19.4. The van der Waals surface area contributed by atoms with Crippen LogP contribution >= 0.6 is 0 Å². The van der Waals surface area contributed by atoms with Gasteiger partial charge in [-0.2, -0.15) is 0 Å². The van der Waals surface area contributed by atoms with Gasteiger partial charge in [0.25, 0.3) is 0 Å². The van der Waals surface area contributed by atoms with Crippen LogP contribution in [0.15, 0.2) is 30.3 Å². The minimum atomic E-state index is -1.03. The number of carbonyl (C=O) groups is 3. The van der Waals surface area contributed by atoms with Crippen molar-refractivity contribution in [1.82, 2.24) is 0 Å². The Kier molecular flexibility index (Phi) is 4.71. The molecule has 2 unspecified atom stereocenters. The smallest absolute Gasteiger partial charge is 0.383 e. The summed E-state index contributed by atoms with van der Waals surface area (Å²) >= 11 is 0. The van der Waals surface area contributed by atoms with E-state index < -0.39 is 17.5 Å². The van der Waals surface area contributed by atoms with Crippen molar-refractivity contribution in [2.45, 2.75) is 71.8 Å².